The molecule has 6 heteroatoms. The Morgan fingerprint density at radius 3 is 2.36 bits per heavy atom. The van der Waals surface area contributed by atoms with Crippen LogP contribution in [0.1, 0.15) is 27.7 Å². The fourth-order valence-corrected chi connectivity index (χ4v) is 2.71. The van der Waals surface area contributed by atoms with Crippen molar-refractivity contribution in [2.24, 2.45) is 0 Å². The number of halogens is 1. The van der Waals surface area contributed by atoms with Crippen LogP contribution in [-0.2, 0) is 9.31 Å². The van der Waals surface area contributed by atoms with E-state index >= 15 is 0 Å². The fourth-order valence-electron chi connectivity index (χ4n) is 2.51. The smallest absolute Gasteiger partial charge is 0.399 e. The number of pyridine rings is 1. The van der Waals surface area contributed by atoms with Gasteiger partial charge in [0.15, 0.2) is 0 Å². The molecule has 0 saturated carbocycles. The number of benzene rings is 1. The molecule has 2 heterocycles. The number of anilines is 1. The largest absolute Gasteiger partial charge is 0.497 e. The van der Waals surface area contributed by atoms with E-state index in [1.165, 1.54) is 0 Å². The van der Waals surface area contributed by atoms with Crippen LogP contribution in [0, 0.1) is 0 Å². The summed E-state index contributed by atoms with van der Waals surface area (Å²) in [6.45, 7) is 8.16. The lowest BCUT2D eigenvalue weighted by Crippen LogP contribution is -2.41. The minimum atomic E-state index is -0.447. The van der Waals surface area contributed by atoms with E-state index in [1.54, 1.807) is 6.20 Å². The number of fused-ring (bicyclic) bond motifs is 1. The van der Waals surface area contributed by atoms with Gasteiger partial charge in [-0.15, -0.1) is 0 Å². The Morgan fingerprint density at radius 2 is 1.77 bits per heavy atom. The van der Waals surface area contributed by atoms with Crippen LogP contribution >= 0.6 is 11.6 Å². The Bertz CT molecular complexity index is 717. The summed E-state index contributed by atoms with van der Waals surface area (Å²) in [6, 6.07) is 5.78. The van der Waals surface area contributed by atoms with Crippen LogP contribution < -0.4 is 10.8 Å². The molecule has 1 aliphatic rings. The molecule has 0 spiro atoms. The van der Waals surface area contributed by atoms with E-state index < -0.39 is 7.12 Å². The zero-order chi connectivity index (χ0) is 16.1. The van der Waals surface area contributed by atoms with Crippen LogP contribution in [-0.4, -0.2) is 30.4 Å². The van der Waals surface area contributed by atoms with Gasteiger partial charge in [0.25, 0.3) is 0 Å². The van der Waals surface area contributed by atoms with Crippen molar-refractivity contribution in [1.29, 1.82) is 0 Å². The summed E-state index contributed by atoms with van der Waals surface area (Å²) < 4.78 is 12.3. The zero-order valence-electron chi connectivity index (χ0n) is 13.5. The van der Waals surface area contributed by atoms with E-state index in [9.17, 15) is 0 Å². The normalized spacial score (nSPS) is 19.6. The van der Waals surface area contributed by atoms with Crippen LogP contribution in [0.25, 0.3) is 10.9 Å². The summed E-state index contributed by atoms with van der Waals surface area (Å²) in [5.41, 5.74) is 1.87. The third-order valence-electron chi connectivity index (χ3n) is 4.62. The molecule has 3 rings (SSSR count). The summed E-state index contributed by atoms with van der Waals surface area (Å²) >= 11 is 6.33. The highest BCUT2D eigenvalue weighted by Crippen LogP contribution is 2.37. The molecule has 1 aromatic carbocycles. The first kappa shape index (κ1) is 15.6. The number of hydrogen-bond acceptors (Lipinski definition) is 4. The molecular formula is C16H20BClN2O2. The molecule has 1 N–H and O–H groups in total. The first-order valence-electron chi connectivity index (χ1n) is 7.37. The molecule has 4 nitrogen and oxygen atoms in total. The number of nitrogens with zero attached hydrogens (tertiary/aromatic N) is 1. The van der Waals surface area contributed by atoms with Crippen molar-refractivity contribution in [2.75, 3.05) is 12.4 Å². The van der Waals surface area contributed by atoms with E-state index in [0.29, 0.717) is 5.02 Å². The van der Waals surface area contributed by atoms with Crippen LogP contribution in [0.3, 0.4) is 0 Å². The summed E-state index contributed by atoms with van der Waals surface area (Å²) in [7, 11) is 1.41. The van der Waals surface area contributed by atoms with Gasteiger partial charge in [-0.1, -0.05) is 17.7 Å². The third kappa shape index (κ3) is 2.37. The molecule has 0 amide bonds. The summed E-state index contributed by atoms with van der Waals surface area (Å²) in [5.74, 6) is 0. The van der Waals surface area contributed by atoms with Crippen LogP contribution in [0.15, 0.2) is 24.4 Å². The number of rotatable bonds is 2. The van der Waals surface area contributed by atoms with Gasteiger partial charge in [0.2, 0.25) is 0 Å². The van der Waals surface area contributed by atoms with E-state index in [-0.39, 0.29) is 11.2 Å². The van der Waals surface area contributed by atoms with Crippen molar-refractivity contribution in [3.05, 3.63) is 29.4 Å². The number of aromatic nitrogens is 1. The van der Waals surface area contributed by atoms with Gasteiger partial charge in [0.1, 0.15) is 0 Å². The molecule has 0 aliphatic carbocycles. The predicted molar refractivity (Wildman–Crippen MR) is 92.0 cm³/mol. The number of nitrogens with one attached hydrogen (secondary N) is 1. The molecule has 22 heavy (non-hydrogen) atoms. The zero-order valence-corrected chi connectivity index (χ0v) is 14.3. The molecule has 0 unspecified atom stereocenters. The van der Waals surface area contributed by atoms with Gasteiger partial charge in [-0.25, -0.2) is 0 Å². The minimum Gasteiger partial charge on any atom is -0.399 e. The lowest BCUT2D eigenvalue weighted by molar-refractivity contribution is 0.00578. The van der Waals surface area contributed by atoms with Crippen molar-refractivity contribution in [3.63, 3.8) is 0 Å². The SMILES string of the molecule is CNc1cnc2c(B3OC(C)(C)C(C)(C)O3)ccc(Cl)c2c1. The molecule has 1 aliphatic heterocycles. The monoisotopic (exact) mass is 318 g/mol. The molecule has 2 aromatic rings. The van der Waals surface area contributed by atoms with Gasteiger partial charge in [-0.3, -0.25) is 4.98 Å². The summed E-state index contributed by atoms with van der Waals surface area (Å²) in [6.07, 6.45) is 1.79. The van der Waals surface area contributed by atoms with Crippen molar-refractivity contribution in [2.45, 2.75) is 38.9 Å². The van der Waals surface area contributed by atoms with Crippen molar-refractivity contribution < 1.29 is 9.31 Å². The topological polar surface area (TPSA) is 43.4 Å². The molecule has 0 atom stereocenters. The standard InChI is InChI=1S/C16H20BClN2O2/c1-15(2)16(3,4)22-17(21-15)12-6-7-13(18)11-8-10(19-5)9-20-14(11)12/h6-9,19H,1-5H3. The van der Waals surface area contributed by atoms with E-state index in [4.69, 9.17) is 20.9 Å². The minimum absolute atomic E-state index is 0.380. The van der Waals surface area contributed by atoms with Gasteiger partial charge < -0.3 is 14.6 Å². The lowest BCUT2D eigenvalue weighted by Gasteiger charge is -2.32. The van der Waals surface area contributed by atoms with Crippen LogP contribution in [0.4, 0.5) is 5.69 Å². The lowest BCUT2D eigenvalue weighted by atomic mass is 9.77. The van der Waals surface area contributed by atoms with E-state index in [2.05, 4.69) is 10.3 Å². The van der Waals surface area contributed by atoms with Gasteiger partial charge >= 0.3 is 7.12 Å². The molecule has 0 bridgehead atoms. The maximum absolute atomic E-state index is 6.33. The molecule has 0 radical (unpaired) electrons. The molecular weight excluding hydrogens is 298 g/mol. The maximum Gasteiger partial charge on any atom is 0.497 e. The maximum atomic E-state index is 6.33. The Labute approximate surface area is 136 Å². The summed E-state index contributed by atoms with van der Waals surface area (Å²) in [5, 5.41) is 4.63. The highest BCUT2D eigenvalue weighted by atomic mass is 35.5. The second-order valence-corrected chi connectivity index (χ2v) is 7.00. The third-order valence-corrected chi connectivity index (χ3v) is 4.95. The average molecular weight is 319 g/mol. The van der Waals surface area contributed by atoms with Crippen LogP contribution in [0.2, 0.25) is 5.02 Å². The molecule has 116 valence electrons. The van der Waals surface area contributed by atoms with Crippen molar-refractivity contribution in [1.82, 2.24) is 4.98 Å². The average Bonchev–Trinajstić information content (AvgIpc) is 2.67. The van der Waals surface area contributed by atoms with Gasteiger partial charge in [0.05, 0.1) is 28.6 Å². The first-order valence-corrected chi connectivity index (χ1v) is 7.74. The second kappa shape index (κ2) is 5.12. The molecule has 1 saturated heterocycles. The molecule has 1 fully saturated rings. The fraction of sp³-hybridized carbons (Fsp3) is 0.438. The highest BCUT2D eigenvalue weighted by molar-refractivity contribution is 6.65. The number of hydrogen-bond donors (Lipinski definition) is 1. The Balaban J connectivity index is 2.11. The van der Waals surface area contributed by atoms with Crippen molar-refractivity contribution >= 4 is 40.8 Å². The van der Waals surface area contributed by atoms with Gasteiger partial charge in [-0.2, -0.15) is 0 Å². The van der Waals surface area contributed by atoms with Crippen LogP contribution in [0.5, 0.6) is 0 Å². The van der Waals surface area contributed by atoms with E-state index in [1.807, 2.05) is 52.9 Å². The predicted octanol–water partition coefficient (Wildman–Crippen LogP) is 3.23. The quantitative estimate of drug-likeness (QED) is 0.863. The molecule has 1 aromatic heterocycles. The van der Waals surface area contributed by atoms with Gasteiger partial charge in [0, 0.05) is 22.9 Å². The Hall–Kier alpha value is -1.30. The first-order chi connectivity index (χ1) is 10.2. The van der Waals surface area contributed by atoms with Gasteiger partial charge in [-0.05, 0) is 39.8 Å². The Morgan fingerprint density at radius 1 is 1.14 bits per heavy atom. The van der Waals surface area contributed by atoms with Crippen molar-refractivity contribution in [3.8, 4) is 0 Å². The summed E-state index contributed by atoms with van der Waals surface area (Å²) in [4.78, 5) is 4.55. The second-order valence-electron chi connectivity index (χ2n) is 6.60. The highest BCUT2D eigenvalue weighted by Gasteiger charge is 2.52. The van der Waals surface area contributed by atoms with E-state index in [0.717, 1.165) is 22.1 Å². The Kier molecular flexibility index (Phi) is 3.63.